The van der Waals surface area contributed by atoms with Crippen LogP contribution in [0.1, 0.15) is 22.3 Å². The van der Waals surface area contributed by atoms with Gasteiger partial charge in [0.15, 0.2) is 12.4 Å². The maximum atomic E-state index is 12.9. The average Bonchev–Trinajstić information content (AvgIpc) is 3.01. The number of benzene rings is 2. The van der Waals surface area contributed by atoms with Crippen LogP contribution >= 0.6 is 0 Å². The molecule has 9 unspecified atom stereocenters. The number of hydrogen-bond acceptors (Lipinski definition) is 12. The topological polar surface area (TPSA) is 196 Å². The van der Waals surface area contributed by atoms with Crippen LogP contribution in [0.2, 0.25) is 0 Å². The third-order valence-electron chi connectivity index (χ3n) is 6.94. The van der Waals surface area contributed by atoms with Crippen molar-refractivity contribution < 1.29 is 54.1 Å². The Kier molecular flexibility index (Phi) is 10.6. The minimum atomic E-state index is -1.78. The van der Waals surface area contributed by atoms with Crippen LogP contribution in [0.25, 0.3) is 6.08 Å². The maximum absolute atomic E-state index is 12.9. The van der Waals surface area contributed by atoms with E-state index in [1.807, 2.05) is 6.07 Å². The van der Waals surface area contributed by atoms with Gasteiger partial charge >= 0.3 is 11.9 Å². The van der Waals surface area contributed by atoms with E-state index in [1.54, 1.807) is 48.5 Å². The molecule has 0 bridgehead atoms. The molecule has 42 heavy (non-hydrogen) atoms. The summed E-state index contributed by atoms with van der Waals surface area (Å²) in [6.45, 7) is -0.708. The van der Waals surface area contributed by atoms with Gasteiger partial charge in [-0.3, -0.25) is 0 Å². The first kappa shape index (κ1) is 31.0. The predicted octanol–water partition coefficient (Wildman–Crippen LogP) is 0.237. The summed E-state index contributed by atoms with van der Waals surface area (Å²) in [6.07, 6.45) is -10.5. The van der Waals surface area contributed by atoms with Crippen molar-refractivity contribution in [1.29, 1.82) is 5.26 Å². The minimum absolute atomic E-state index is 0.0320. The van der Waals surface area contributed by atoms with Crippen LogP contribution in [0.15, 0.2) is 78.4 Å². The Balaban J connectivity index is 1.62. The molecule has 1 aliphatic heterocycles. The lowest BCUT2D eigenvalue weighted by Crippen LogP contribution is -2.61. The summed E-state index contributed by atoms with van der Waals surface area (Å²) >= 11 is 0. The lowest BCUT2D eigenvalue weighted by Gasteiger charge is -2.44. The second kappa shape index (κ2) is 14.3. The summed E-state index contributed by atoms with van der Waals surface area (Å²) in [7, 11) is 0. The summed E-state index contributed by atoms with van der Waals surface area (Å²) in [4.78, 5) is 25.7. The first-order valence-corrected chi connectivity index (χ1v) is 13.2. The number of esters is 2. The Labute approximate surface area is 241 Å². The van der Waals surface area contributed by atoms with E-state index in [0.717, 1.165) is 12.2 Å². The fraction of sp³-hybridized carbons (Fsp3) is 0.367. The van der Waals surface area contributed by atoms with E-state index in [9.17, 15) is 40.4 Å². The third-order valence-corrected chi connectivity index (χ3v) is 6.94. The van der Waals surface area contributed by atoms with Crippen LogP contribution in [-0.2, 0) is 23.7 Å². The molecule has 5 N–H and O–H groups in total. The lowest BCUT2D eigenvalue weighted by atomic mass is 9.84. The van der Waals surface area contributed by atoms with E-state index in [1.165, 1.54) is 18.2 Å². The Hall–Kier alpha value is -3.93. The summed E-state index contributed by atoms with van der Waals surface area (Å²) in [5.74, 6) is -1.67. The van der Waals surface area contributed by atoms with Crippen molar-refractivity contribution in [3.63, 3.8) is 0 Å². The van der Waals surface area contributed by atoms with Crippen LogP contribution in [-0.4, -0.2) is 99.2 Å². The summed E-state index contributed by atoms with van der Waals surface area (Å²) in [5.41, 5.74) is 0.856. The molecule has 1 aliphatic carbocycles. The van der Waals surface area contributed by atoms with E-state index in [4.69, 9.17) is 18.9 Å². The molecule has 2 fully saturated rings. The maximum Gasteiger partial charge on any atom is 0.338 e. The number of carbonyl (C=O) groups excluding carboxylic acids is 2. The summed E-state index contributed by atoms with van der Waals surface area (Å²) in [5, 5.41) is 61.1. The zero-order valence-electron chi connectivity index (χ0n) is 22.2. The van der Waals surface area contributed by atoms with Gasteiger partial charge in [0, 0.05) is 24.1 Å². The van der Waals surface area contributed by atoms with Gasteiger partial charge in [0.05, 0.1) is 24.3 Å². The molecule has 0 radical (unpaired) electrons. The first-order chi connectivity index (χ1) is 20.2. The van der Waals surface area contributed by atoms with Gasteiger partial charge in [0.2, 0.25) is 0 Å². The fourth-order valence-electron chi connectivity index (χ4n) is 4.72. The Morgan fingerprint density at radius 2 is 1.60 bits per heavy atom. The standard InChI is InChI=1S/C30H31NO11/c31-14-13-19-20(40-30-27(37)26(36)24(34)22(16-32)41-30)15-21(39-29(38)18-9-5-2-6-10-18)25(35)28(19)42-23(33)12-11-17-7-3-1-4-8-17/h1-13,20-22,24-28,30,32,34-37H,15-16H2. The Bertz CT molecular complexity index is 1310. The second-order valence-corrected chi connectivity index (χ2v) is 9.73. The van der Waals surface area contributed by atoms with Crippen molar-refractivity contribution in [3.05, 3.63) is 89.5 Å². The van der Waals surface area contributed by atoms with Gasteiger partial charge in [-0.2, -0.15) is 5.26 Å². The Morgan fingerprint density at radius 3 is 2.24 bits per heavy atom. The highest BCUT2D eigenvalue weighted by molar-refractivity contribution is 5.89. The smallest absolute Gasteiger partial charge is 0.338 e. The highest BCUT2D eigenvalue weighted by Gasteiger charge is 2.49. The Morgan fingerprint density at radius 1 is 0.929 bits per heavy atom. The SMILES string of the molecule is N#CC=C1C(OC2OC(CO)C(O)C(O)C2O)CC(OC(=O)c2ccccc2)C(O)C1OC(=O)C=Cc1ccccc1. The number of aliphatic hydroxyl groups excluding tert-OH is 5. The summed E-state index contributed by atoms with van der Waals surface area (Å²) in [6, 6.07) is 18.6. The van der Waals surface area contributed by atoms with Crippen LogP contribution in [0, 0.1) is 11.3 Å². The van der Waals surface area contributed by atoms with E-state index < -0.39 is 73.7 Å². The number of carbonyl (C=O) groups is 2. The van der Waals surface area contributed by atoms with Crippen molar-refractivity contribution in [1.82, 2.24) is 0 Å². The van der Waals surface area contributed by atoms with Gasteiger partial charge in [-0.1, -0.05) is 48.5 Å². The second-order valence-electron chi connectivity index (χ2n) is 9.73. The molecule has 2 aliphatic rings. The monoisotopic (exact) mass is 581 g/mol. The van der Waals surface area contributed by atoms with Crippen LogP contribution in [0.4, 0.5) is 0 Å². The molecule has 0 amide bonds. The summed E-state index contributed by atoms with van der Waals surface area (Å²) < 4.78 is 22.4. The van der Waals surface area contributed by atoms with Crippen LogP contribution < -0.4 is 0 Å². The largest absolute Gasteiger partial charge is 0.456 e. The fourth-order valence-corrected chi connectivity index (χ4v) is 4.72. The molecular weight excluding hydrogens is 550 g/mol. The predicted molar refractivity (Wildman–Crippen MR) is 144 cm³/mol. The van der Waals surface area contributed by atoms with Gasteiger partial charge in [0.1, 0.15) is 36.6 Å². The quantitative estimate of drug-likeness (QED) is 0.162. The van der Waals surface area contributed by atoms with Gasteiger partial charge in [-0.25, -0.2) is 9.59 Å². The first-order valence-electron chi connectivity index (χ1n) is 13.2. The molecule has 9 atom stereocenters. The van der Waals surface area contributed by atoms with Crippen LogP contribution in [0.3, 0.4) is 0 Å². The van der Waals surface area contributed by atoms with Gasteiger partial charge in [-0.15, -0.1) is 0 Å². The molecule has 0 aromatic heterocycles. The molecule has 0 spiro atoms. The van der Waals surface area contributed by atoms with Crippen molar-refractivity contribution >= 4 is 18.0 Å². The van der Waals surface area contributed by atoms with Gasteiger partial charge in [-0.05, 0) is 23.8 Å². The van der Waals surface area contributed by atoms with E-state index in [0.29, 0.717) is 5.56 Å². The molecule has 2 aromatic rings. The normalized spacial score (nSPS) is 32.3. The molecule has 2 aromatic carbocycles. The molecule has 12 nitrogen and oxygen atoms in total. The average molecular weight is 582 g/mol. The molecule has 222 valence electrons. The van der Waals surface area contributed by atoms with E-state index in [2.05, 4.69) is 0 Å². The van der Waals surface area contributed by atoms with Crippen LogP contribution in [0.5, 0.6) is 0 Å². The molecule has 12 heteroatoms. The number of nitriles is 1. The van der Waals surface area contributed by atoms with E-state index >= 15 is 0 Å². The highest BCUT2D eigenvalue weighted by Crippen LogP contribution is 2.35. The number of hydrogen-bond donors (Lipinski definition) is 5. The molecule has 1 saturated carbocycles. The number of allylic oxidation sites excluding steroid dienone is 1. The van der Waals surface area contributed by atoms with Crippen molar-refractivity contribution in [2.75, 3.05) is 6.61 Å². The van der Waals surface area contributed by atoms with Gasteiger partial charge in [0.25, 0.3) is 0 Å². The van der Waals surface area contributed by atoms with Crippen molar-refractivity contribution in [2.45, 2.75) is 61.5 Å². The van der Waals surface area contributed by atoms with Crippen molar-refractivity contribution in [2.24, 2.45) is 0 Å². The van der Waals surface area contributed by atoms with E-state index in [-0.39, 0.29) is 17.6 Å². The molecule has 1 heterocycles. The molecule has 1 saturated heterocycles. The molecule has 4 rings (SSSR count). The number of ether oxygens (including phenoxy) is 4. The zero-order valence-corrected chi connectivity index (χ0v) is 22.2. The number of rotatable bonds is 8. The number of aliphatic hydroxyl groups is 5. The van der Waals surface area contributed by atoms with Crippen molar-refractivity contribution in [3.8, 4) is 6.07 Å². The number of nitrogens with zero attached hydrogens (tertiary/aromatic N) is 1. The third kappa shape index (κ3) is 7.28. The highest BCUT2D eigenvalue weighted by atomic mass is 16.7. The molecular formula is C30H31NO11. The van der Waals surface area contributed by atoms with Gasteiger partial charge < -0.3 is 44.5 Å². The lowest BCUT2D eigenvalue weighted by molar-refractivity contribution is -0.312. The minimum Gasteiger partial charge on any atom is -0.456 e. The zero-order chi connectivity index (χ0) is 30.2.